The topological polar surface area (TPSA) is 136 Å². The molecular weight excluding hydrogens is 478 g/mol. The lowest BCUT2D eigenvalue weighted by molar-refractivity contribution is -0.144. The van der Waals surface area contributed by atoms with Gasteiger partial charge in [0, 0.05) is 12.6 Å². The number of hydrogen-bond donors (Lipinski definition) is 2. The molecule has 0 saturated carbocycles. The molecule has 176 valence electrons. The molecule has 0 radical (unpaired) electrons. The molecule has 2 N–H and O–H groups in total. The lowest BCUT2D eigenvalue weighted by Crippen LogP contribution is -2.24. The first-order valence-corrected chi connectivity index (χ1v) is 12.4. The summed E-state index contributed by atoms with van der Waals surface area (Å²) in [6.45, 7) is -0.105. The number of phenols is 1. The van der Waals surface area contributed by atoms with Gasteiger partial charge in [0.05, 0.1) is 36.1 Å². The SMILES string of the molecule is COC(=O)[C@@H](Cc1ccc(O)cc1)n1cc(CNS(=O)(=O)c2ccc(-c3ccccn3)s2)nn1. The van der Waals surface area contributed by atoms with E-state index in [1.54, 1.807) is 30.5 Å². The highest BCUT2D eigenvalue weighted by Gasteiger charge is 2.24. The number of carbonyl (C=O) groups excluding carboxylic acids is 1. The minimum absolute atomic E-state index is 0.105. The quantitative estimate of drug-likeness (QED) is 0.335. The van der Waals surface area contributed by atoms with Crippen LogP contribution >= 0.6 is 11.3 Å². The van der Waals surface area contributed by atoms with Gasteiger partial charge in [0.15, 0.2) is 6.04 Å². The van der Waals surface area contributed by atoms with E-state index in [2.05, 4.69) is 20.0 Å². The van der Waals surface area contributed by atoms with Gasteiger partial charge in [-0.15, -0.1) is 16.4 Å². The van der Waals surface area contributed by atoms with E-state index in [-0.39, 0.29) is 22.9 Å². The van der Waals surface area contributed by atoms with Crippen molar-refractivity contribution in [3.05, 3.63) is 78.2 Å². The summed E-state index contributed by atoms with van der Waals surface area (Å²) < 4.78 is 34.4. The number of phenolic OH excluding ortho intramolecular Hbond substituents is 1. The number of nitrogens with one attached hydrogen (secondary N) is 1. The molecule has 4 rings (SSSR count). The molecular formula is C22H21N5O5S2. The number of hydrogen-bond acceptors (Lipinski definition) is 9. The molecule has 0 aliphatic carbocycles. The van der Waals surface area contributed by atoms with Gasteiger partial charge in [-0.1, -0.05) is 23.4 Å². The first kappa shape index (κ1) is 23.5. The Hall–Kier alpha value is -3.61. The number of carbonyl (C=O) groups is 1. The van der Waals surface area contributed by atoms with Crippen molar-refractivity contribution in [3.8, 4) is 16.3 Å². The molecule has 1 aromatic carbocycles. The summed E-state index contributed by atoms with van der Waals surface area (Å²) in [7, 11) is -2.51. The second-order valence-corrected chi connectivity index (χ2v) is 10.3. The largest absolute Gasteiger partial charge is 0.508 e. The van der Waals surface area contributed by atoms with Crippen LogP contribution in [0.2, 0.25) is 0 Å². The standard InChI is InChI=1S/C22H21N5O5S2/c1-32-22(29)19(12-15-5-7-17(28)8-6-15)27-14-16(25-26-27)13-24-34(30,31)21-10-9-20(33-21)18-4-2-3-11-23-18/h2-11,14,19,24,28H,12-13H2,1H3/t19-/m1/s1. The van der Waals surface area contributed by atoms with Gasteiger partial charge in [-0.3, -0.25) is 4.98 Å². The molecule has 0 fully saturated rings. The summed E-state index contributed by atoms with van der Waals surface area (Å²) >= 11 is 1.11. The fourth-order valence-electron chi connectivity index (χ4n) is 3.17. The second kappa shape index (κ2) is 10.1. The molecule has 10 nitrogen and oxygen atoms in total. The normalized spacial score (nSPS) is 12.4. The highest BCUT2D eigenvalue weighted by Crippen LogP contribution is 2.29. The molecule has 0 amide bonds. The predicted octanol–water partition coefficient (Wildman–Crippen LogP) is 2.54. The number of esters is 1. The number of methoxy groups -OCH3 is 1. The van der Waals surface area contributed by atoms with Crippen molar-refractivity contribution in [2.24, 2.45) is 0 Å². The maximum Gasteiger partial charge on any atom is 0.331 e. The molecule has 0 aliphatic rings. The highest BCUT2D eigenvalue weighted by molar-refractivity contribution is 7.91. The first-order valence-electron chi connectivity index (χ1n) is 10.1. The van der Waals surface area contributed by atoms with E-state index in [1.165, 1.54) is 36.2 Å². The molecule has 3 heterocycles. The van der Waals surface area contributed by atoms with Crippen LogP contribution in [0.25, 0.3) is 10.6 Å². The molecule has 0 spiro atoms. The fraction of sp³-hybridized carbons (Fsp3) is 0.182. The zero-order valence-electron chi connectivity index (χ0n) is 18.0. The molecule has 12 heteroatoms. The van der Waals surface area contributed by atoms with Gasteiger partial charge >= 0.3 is 5.97 Å². The monoisotopic (exact) mass is 499 g/mol. The van der Waals surface area contributed by atoms with Crippen LogP contribution in [0, 0.1) is 0 Å². The Morgan fingerprint density at radius 3 is 2.68 bits per heavy atom. The lowest BCUT2D eigenvalue weighted by Gasteiger charge is -2.14. The van der Waals surface area contributed by atoms with Gasteiger partial charge in [0.1, 0.15) is 9.96 Å². The number of aromatic hydroxyl groups is 1. The van der Waals surface area contributed by atoms with Crippen LogP contribution in [0.4, 0.5) is 0 Å². The van der Waals surface area contributed by atoms with Crippen molar-refractivity contribution < 1.29 is 23.1 Å². The Morgan fingerprint density at radius 1 is 1.18 bits per heavy atom. The summed E-state index contributed by atoms with van der Waals surface area (Å²) in [6, 6.07) is 14.3. The van der Waals surface area contributed by atoms with Crippen molar-refractivity contribution >= 4 is 27.3 Å². The van der Waals surface area contributed by atoms with Crippen LogP contribution < -0.4 is 4.72 Å². The maximum absolute atomic E-state index is 12.7. The Bertz CT molecular complexity index is 1370. The van der Waals surface area contributed by atoms with Crippen molar-refractivity contribution in [1.29, 1.82) is 0 Å². The van der Waals surface area contributed by atoms with Gasteiger partial charge < -0.3 is 9.84 Å². The zero-order valence-corrected chi connectivity index (χ0v) is 19.7. The van der Waals surface area contributed by atoms with Crippen molar-refractivity contribution in [1.82, 2.24) is 24.7 Å². The third kappa shape index (κ3) is 5.47. The molecule has 0 aliphatic heterocycles. The van der Waals surface area contributed by atoms with Gasteiger partial charge in [0.2, 0.25) is 10.0 Å². The van der Waals surface area contributed by atoms with Crippen LogP contribution in [0.3, 0.4) is 0 Å². The molecule has 1 atom stereocenters. The summed E-state index contributed by atoms with van der Waals surface area (Å²) in [5.41, 5.74) is 1.82. The van der Waals surface area contributed by atoms with Crippen LogP contribution in [-0.2, 0) is 32.5 Å². The fourth-order valence-corrected chi connectivity index (χ4v) is 5.50. The van der Waals surface area contributed by atoms with E-state index in [0.717, 1.165) is 21.8 Å². The Balaban J connectivity index is 1.45. The zero-order chi connectivity index (χ0) is 24.1. The Labute approximate surface area is 199 Å². The Morgan fingerprint density at radius 2 is 1.97 bits per heavy atom. The molecule has 4 aromatic rings. The number of aromatic nitrogens is 4. The van der Waals surface area contributed by atoms with E-state index < -0.39 is 22.0 Å². The average molecular weight is 500 g/mol. The Kier molecular flexibility index (Phi) is 7.01. The minimum Gasteiger partial charge on any atom is -0.508 e. The predicted molar refractivity (Wildman–Crippen MR) is 124 cm³/mol. The number of ether oxygens (including phenoxy) is 1. The summed E-state index contributed by atoms with van der Waals surface area (Å²) in [5.74, 6) is -0.405. The van der Waals surface area contributed by atoms with Crippen LogP contribution in [0.5, 0.6) is 5.75 Å². The van der Waals surface area contributed by atoms with Gasteiger partial charge in [-0.05, 0) is 42.0 Å². The van der Waals surface area contributed by atoms with Gasteiger partial charge in [-0.2, -0.15) is 0 Å². The lowest BCUT2D eigenvalue weighted by atomic mass is 10.1. The van der Waals surface area contributed by atoms with Crippen molar-refractivity contribution in [2.45, 2.75) is 23.2 Å². The van der Waals surface area contributed by atoms with Crippen LogP contribution in [0.15, 0.2) is 71.2 Å². The van der Waals surface area contributed by atoms with Crippen LogP contribution in [0.1, 0.15) is 17.3 Å². The van der Waals surface area contributed by atoms with E-state index in [4.69, 9.17) is 4.74 Å². The number of nitrogens with zero attached hydrogens (tertiary/aromatic N) is 4. The van der Waals surface area contributed by atoms with Crippen LogP contribution in [-0.4, -0.2) is 46.6 Å². The number of sulfonamides is 1. The summed E-state index contributed by atoms with van der Waals surface area (Å²) in [4.78, 5) is 17.3. The smallest absolute Gasteiger partial charge is 0.331 e. The highest BCUT2D eigenvalue weighted by atomic mass is 32.2. The molecule has 3 aromatic heterocycles. The third-order valence-corrected chi connectivity index (χ3v) is 7.92. The summed E-state index contributed by atoms with van der Waals surface area (Å²) in [6.07, 6.45) is 3.40. The van der Waals surface area contributed by atoms with Crippen molar-refractivity contribution in [2.75, 3.05) is 7.11 Å². The molecule has 0 bridgehead atoms. The third-order valence-electron chi connectivity index (χ3n) is 4.92. The van der Waals surface area contributed by atoms with E-state index in [9.17, 15) is 18.3 Å². The number of rotatable bonds is 9. The maximum atomic E-state index is 12.7. The van der Waals surface area contributed by atoms with Gasteiger partial charge in [-0.25, -0.2) is 22.6 Å². The van der Waals surface area contributed by atoms with E-state index in [1.807, 2.05) is 12.1 Å². The van der Waals surface area contributed by atoms with E-state index in [0.29, 0.717) is 11.4 Å². The number of thiophene rings is 1. The second-order valence-electron chi connectivity index (χ2n) is 7.26. The first-order chi connectivity index (χ1) is 16.4. The average Bonchev–Trinajstić information content (AvgIpc) is 3.53. The molecule has 0 unspecified atom stereocenters. The van der Waals surface area contributed by atoms with E-state index >= 15 is 0 Å². The summed E-state index contributed by atoms with van der Waals surface area (Å²) in [5, 5.41) is 17.4. The molecule has 34 heavy (non-hydrogen) atoms. The van der Waals surface area contributed by atoms with Gasteiger partial charge in [0.25, 0.3) is 0 Å². The number of pyridine rings is 1. The number of benzene rings is 1. The minimum atomic E-state index is -3.78. The van der Waals surface area contributed by atoms with Crippen molar-refractivity contribution in [3.63, 3.8) is 0 Å². The molecule has 0 saturated heterocycles.